The SMILES string of the molecule is O=C(CCC1NC(=O)c2ccccc2NC1=O)NCCN1CCOCC1. The molecule has 3 N–H and O–H groups in total. The standard InChI is InChI=1S/C18H24N4O4/c23-16(19-7-8-22-9-11-26-12-10-22)6-5-15-18(25)20-14-4-2-1-3-13(14)17(24)21-15/h1-4,15H,5-12H2,(H,19,23)(H,20,25)(H,21,24). The first-order valence-corrected chi connectivity index (χ1v) is 8.91. The van der Waals surface area contributed by atoms with E-state index < -0.39 is 6.04 Å². The zero-order valence-electron chi connectivity index (χ0n) is 14.6. The third-order valence-electron chi connectivity index (χ3n) is 4.57. The maximum atomic E-state index is 12.3. The molecule has 0 spiro atoms. The van der Waals surface area contributed by atoms with Gasteiger partial charge in [0, 0.05) is 32.6 Å². The second kappa shape index (κ2) is 8.77. The molecule has 0 aromatic heterocycles. The third kappa shape index (κ3) is 4.80. The number of rotatable bonds is 6. The molecular weight excluding hydrogens is 336 g/mol. The van der Waals surface area contributed by atoms with Crippen molar-refractivity contribution in [1.82, 2.24) is 15.5 Å². The average Bonchev–Trinajstić information content (AvgIpc) is 2.77. The fraction of sp³-hybridized carbons (Fsp3) is 0.500. The van der Waals surface area contributed by atoms with Gasteiger partial charge < -0.3 is 20.7 Å². The number of para-hydroxylation sites is 1. The minimum Gasteiger partial charge on any atom is -0.379 e. The van der Waals surface area contributed by atoms with E-state index in [0.717, 1.165) is 32.8 Å². The second-order valence-corrected chi connectivity index (χ2v) is 6.40. The van der Waals surface area contributed by atoms with Gasteiger partial charge in [-0.25, -0.2) is 0 Å². The van der Waals surface area contributed by atoms with E-state index in [9.17, 15) is 14.4 Å². The van der Waals surface area contributed by atoms with E-state index in [1.807, 2.05) is 0 Å². The lowest BCUT2D eigenvalue weighted by molar-refractivity contribution is -0.121. The Kier molecular flexibility index (Phi) is 6.19. The average molecular weight is 360 g/mol. The fourth-order valence-corrected chi connectivity index (χ4v) is 3.06. The molecule has 2 heterocycles. The van der Waals surface area contributed by atoms with Crippen molar-refractivity contribution in [3.05, 3.63) is 29.8 Å². The summed E-state index contributed by atoms with van der Waals surface area (Å²) in [4.78, 5) is 38.8. The molecule has 1 unspecified atom stereocenters. The summed E-state index contributed by atoms with van der Waals surface area (Å²) >= 11 is 0. The number of anilines is 1. The van der Waals surface area contributed by atoms with Crippen molar-refractivity contribution in [2.24, 2.45) is 0 Å². The van der Waals surface area contributed by atoms with Gasteiger partial charge in [-0.2, -0.15) is 0 Å². The monoisotopic (exact) mass is 360 g/mol. The Morgan fingerprint density at radius 3 is 2.81 bits per heavy atom. The molecule has 1 aromatic rings. The number of carbonyl (C=O) groups is 3. The Hall–Kier alpha value is -2.45. The number of hydrogen-bond acceptors (Lipinski definition) is 5. The lowest BCUT2D eigenvalue weighted by Crippen LogP contribution is -2.43. The molecule has 8 heteroatoms. The third-order valence-corrected chi connectivity index (χ3v) is 4.57. The summed E-state index contributed by atoms with van der Waals surface area (Å²) in [6.07, 6.45) is 0.437. The largest absolute Gasteiger partial charge is 0.379 e. The van der Waals surface area contributed by atoms with E-state index in [-0.39, 0.29) is 30.6 Å². The molecule has 2 aliphatic heterocycles. The first kappa shape index (κ1) is 18.3. The quantitative estimate of drug-likeness (QED) is 0.661. The van der Waals surface area contributed by atoms with E-state index in [1.54, 1.807) is 24.3 Å². The van der Waals surface area contributed by atoms with Crippen LogP contribution in [0.15, 0.2) is 24.3 Å². The predicted octanol–water partition coefficient (Wildman–Crippen LogP) is -0.0343. The van der Waals surface area contributed by atoms with Crippen LogP contribution in [0.25, 0.3) is 0 Å². The Labute approximate surface area is 152 Å². The van der Waals surface area contributed by atoms with E-state index in [2.05, 4.69) is 20.9 Å². The van der Waals surface area contributed by atoms with Gasteiger partial charge in [-0.1, -0.05) is 12.1 Å². The molecule has 1 aromatic carbocycles. The van der Waals surface area contributed by atoms with Crippen molar-refractivity contribution in [2.45, 2.75) is 18.9 Å². The maximum Gasteiger partial charge on any atom is 0.254 e. The van der Waals surface area contributed by atoms with Gasteiger partial charge in [0.1, 0.15) is 6.04 Å². The highest BCUT2D eigenvalue weighted by Crippen LogP contribution is 2.19. The minimum absolute atomic E-state index is 0.123. The summed E-state index contributed by atoms with van der Waals surface area (Å²) in [6, 6.07) is 6.13. The van der Waals surface area contributed by atoms with E-state index in [1.165, 1.54) is 0 Å². The molecule has 2 aliphatic rings. The molecular formula is C18H24N4O4. The molecule has 1 fully saturated rings. The highest BCUT2D eigenvalue weighted by Gasteiger charge is 2.27. The van der Waals surface area contributed by atoms with Crippen molar-refractivity contribution in [3.63, 3.8) is 0 Å². The summed E-state index contributed by atoms with van der Waals surface area (Å²) in [6.45, 7) is 4.56. The van der Waals surface area contributed by atoms with Gasteiger partial charge in [0.15, 0.2) is 0 Å². The molecule has 26 heavy (non-hydrogen) atoms. The van der Waals surface area contributed by atoms with Crippen LogP contribution in [0, 0.1) is 0 Å². The predicted molar refractivity (Wildman–Crippen MR) is 95.8 cm³/mol. The Morgan fingerprint density at radius 2 is 2.00 bits per heavy atom. The number of ether oxygens (including phenoxy) is 1. The summed E-state index contributed by atoms with van der Waals surface area (Å²) in [5.41, 5.74) is 0.922. The molecule has 140 valence electrons. The van der Waals surface area contributed by atoms with Crippen molar-refractivity contribution >= 4 is 23.4 Å². The molecule has 0 radical (unpaired) electrons. The van der Waals surface area contributed by atoms with Gasteiger partial charge in [-0.3, -0.25) is 19.3 Å². The molecule has 3 rings (SSSR count). The molecule has 3 amide bonds. The summed E-state index contributed by atoms with van der Waals surface area (Å²) in [5, 5.41) is 8.30. The number of fused-ring (bicyclic) bond motifs is 1. The van der Waals surface area contributed by atoms with Crippen LogP contribution in [-0.2, 0) is 14.3 Å². The van der Waals surface area contributed by atoms with Crippen molar-refractivity contribution in [2.75, 3.05) is 44.7 Å². The van der Waals surface area contributed by atoms with Gasteiger partial charge >= 0.3 is 0 Å². The van der Waals surface area contributed by atoms with Crippen molar-refractivity contribution in [3.8, 4) is 0 Å². The van der Waals surface area contributed by atoms with Gasteiger partial charge in [0.2, 0.25) is 11.8 Å². The highest BCUT2D eigenvalue weighted by atomic mass is 16.5. The number of hydrogen-bond donors (Lipinski definition) is 3. The lowest BCUT2D eigenvalue weighted by atomic mass is 10.1. The molecule has 0 bridgehead atoms. The molecule has 1 saturated heterocycles. The maximum absolute atomic E-state index is 12.3. The van der Waals surface area contributed by atoms with Crippen LogP contribution in [0.4, 0.5) is 5.69 Å². The molecule has 8 nitrogen and oxygen atoms in total. The number of amides is 3. The van der Waals surface area contributed by atoms with Gasteiger partial charge in [0.05, 0.1) is 24.5 Å². The minimum atomic E-state index is -0.722. The van der Waals surface area contributed by atoms with Crippen LogP contribution < -0.4 is 16.0 Å². The normalized spacial score (nSPS) is 20.5. The summed E-state index contributed by atoms with van der Waals surface area (Å²) in [7, 11) is 0. The Morgan fingerprint density at radius 1 is 1.23 bits per heavy atom. The topological polar surface area (TPSA) is 99.8 Å². The first-order chi connectivity index (χ1) is 12.6. The molecule has 0 saturated carbocycles. The van der Waals surface area contributed by atoms with Crippen LogP contribution in [0.3, 0.4) is 0 Å². The van der Waals surface area contributed by atoms with E-state index in [0.29, 0.717) is 17.8 Å². The van der Waals surface area contributed by atoms with Crippen LogP contribution in [0.2, 0.25) is 0 Å². The van der Waals surface area contributed by atoms with Crippen LogP contribution in [-0.4, -0.2) is 68.1 Å². The van der Waals surface area contributed by atoms with Crippen molar-refractivity contribution in [1.29, 1.82) is 0 Å². The van der Waals surface area contributed by atoms with Crippen molar-refractivity contribution < 1.29 is 19.1 Å². The Balaban J connectivity index is 1.43. The van der Waals surface area contributed by atoms with Crippen LogP contribution >= 0.6 is 0 Å². The lowest BCUT2D eigenvalue weighted by Gasteiger charge is -2.26. The molecule has 1 atom stereocenters. The summed E-state index contributed by atoms with van der Waals surface area (Å²) in [5.74, 6) is -0.733. The number of benzene rings is 1. The smallest absolute Gasteiger partial charge is 0.254 e. The van der Waals surface area contributed by atoms with Gasteiger partial charge in [0.25, 0.3) is 5.91 Å². The number of nitrogens with one attached hydrogen (secondary N) is 3. The fourth-order valence-electron chi connectivity index (χ4n) is 3.06. The van der Waals surface area contributed by atoms with Crippen LogP contribution in [0.5, 0.6) is 0 Å². The number of carbonyl (C=O) groups excluding carboxylic acids is 3. The zero-order chi connectivity index (χ0) is 18.4. The summed E-state index contributed by atoms with van der Waals surface area (Å²) < 4.78 is 5.28. The first-order valence-electron chi connectivity index (χ1n) is 8.91. The van der Waals surface area contributed by atoms with E-state index >= 15 is 0 Å². The van der Waals surface area contributed by atoms with E-state index in [4.69, 9.17) is 4.74 Å². The number of morpholine rings is 1. The highest BCUT2D eigenvalue weighted by molar-refractivity contribution is 6.09. The second-order valence-electron chi connectivity index (χ2n) is 6.40. The Bertz CT molecular complexity index is 673. The van der Waals surface area contributed by atoms with Crippen LogP contribution in [0.1, 0.15) is 23.2 Å². The van der Waals surface area contributed by atoms with Gasteiger partial charge in [-0.05, 0) is 18.6 Å². The van der Waals surface area contributed by atoms with Gasteiger partial charge in [-0.15, -0.1) is 0 Å². The number of nitrogens with zero attached hydrogens (tertiary/aromatic N) is 1. The zero-order valence-corrected chi connectivity index (χ0v) is 14.6. The molecule has 0 aliphatic carbocycles.